The lowest BCUT2D eigenvalue weighted by Gasteiger charge is -2.11. The second kappa shape index (κ2) is 9.36. The van der Waals surface area contributed by atoms with Crippen LogP contribution >= 0.6 is 12.2 Å². The topological polar surface area (TPSA) is 117 Å². The average molecular weight is 339 g/mol. The summed E-state index contributed by atoms with van der Waals surface area (Å²) in [5, 5.41) is 11.7. The molecule has 124 valence electrons. The Hall–Kier alpha value is -2.68. The molecule has 1 rings (SSSR count). The Morgan fingerprint density at radius 1 is 1.17 bits per heavy atom. The fraction of sp³-hybridized carbons (Fsp3) is 0.286. The Morgan fingerprint density at radius 2 is 1.87 bits per heavy atom. The third-order valence-electron chi connectivity index (χ3n) is 2.55. The van der Waals surface area contributed by atoms with Crippen molar-refractivity contribution in [2.75, 3.05) is 6.61 Å². The highest BCUT2D eigenvalue weighted by molar-refractivity contribution is 7.80. The summed E-state index contributed by atoms with van der Waals surface area (Å²) in [6.45, 7) is 1.92. The van der Waals surface area contributed by atoms with E-state index in [2.05, 4.69) is 20.9 Å². The van der Waals surface area contributed by atoms with Crippen LogP contribution in [-0.4, -0.2) is 34.6 Å². The highest BCUT2D eigenvalue weighted by atomic mass is 32.1. The molecule has 0 aliphatic rings. The number of para-hydroxylation sites is 1. The Balaban J connectivity index is 2.34. The van der Waals surface area contributed by atoms with Crippen LogP contribution in [0.2, 0.25) is 0 Å². The minimum atomic E-state index is -0.619. The van der Waals surface area contributed by atoms with Gasteiger partial charge in [-0.05, 0) is 31.3 Å². The SMILES string of the molecule is CCOC(=O)CCC(=O)NC(=S)NNC(=O)c1ccccc1O. The lowest BCUT2D eigenvalue weighted by atomic mass is 10.2. The Bertz CT molecular complexity index is 606. The third-order valence-corrected chi connectivity index (χ3v) is 2.76. The Morgan fingerprint density at radius 3 is 2.52 bits per heavy atom. The van der Waals surface area contributed by atoms with Gasteiger partial charge in [-0.25, -0.2) is 0 Å². The summed E-state index contributed by atoms with van der Waals surface area (Å²) in [6.07, 6.45) is -0.152. The molecule has 1 aromatic rings. The zero-order valence-electron chi connectivity index (χ0n) is 12.4. The van der Waals surface area contributed by atoms with E-state index in [9.17, 15) is 19.5 Å². The van der Waals surface area contributed by atoms with E-state index in [0.29, 0.717) is 0 Å². The second-order valence-corrected chi connectivity index (χ2v) is 4.69. The van der Waals surface area contributed by atoms with Crippen LogP contribution in [0.25, 0.3) is 0 Å². The summed E-state index contributed by atoms with van der Waals surface area (Å²) >= 11 is 4.83. The first-order chi connectivity index (χ1) is 10.9. The van der Waals surface area contributed by atoms with E-state index in [1.807, 2.05) is 0 Å². The van der Waals surface area contributed by atoms with E-state index < -0.39 is 17.8 Å². The van der Waals surface area contributed by atoms with Crippen molar-refractivity contribution in [2.45, 2.75) is 19.8 Å². The molecule has 0 spiro atoms. The molecule has 2 amide bonds. The molecule has 0 radical (unpaired) electrons. The molecule has 0 aliphatic carbocycles. The van der Waals surface area contributed by atoms with Crippen LogP contribution in [0.4, 0.5) is 0 Å². The minimum absolute atomic E-state index is 0.0523. The van der Waals surface area contributed by atoms with Gasteiger partial charge in [0, 0.05) is 6.42 Å². The Labute approximate surface area is 138 Å². The number of hydrogen-bond donors (Lipinski definition) is 4. The van der Waals surface area contributed by atoms with E-state index in [1.165, 1.54) is 12.1 Å². The van der Waals surface area contributed by atoms with Crippen LogP contribution in [-0.2, 0) is 14.3 Å². The summed E-state index contributed by atoms with van der Waals surface area (Å²) < 4.78 is 4.69. The number of esters is 1. The van der Waals surface area contributed by atoms with E-state index >= 15 is 0 Å². The summed E-state index contributed by atoms with van der Waals surface area (Å²) in [6, 6.07) is 5.95. The number of phenolic OH excluding ortho intramolecular Hbond substituents is 1. The zero-order chi connectivity index (χ0) is 17.2. The minimum Gasteiger partial charge on any atom is -0.507 e. The number of ether oxygens (including phenoxy) is 1. The van der Waals surface area contributed by atoms with E-state index in [4.69, 9.17) is 12.2 Å². The Kier molecular flexibility index (Phi) is 7.48. The van der Waals surface area contributed by atoms with Gasteiger partial charge >= 0.3 is 5.97 Å². The molecule has 0 heterocycles. The van der Waals surface area contributed by atoms with Crippen LogP contribution in [0.15, 0.2) is 24.3 Å². The molecular weight excluding hydrogens is 322 g/mol. The van der Waals surface area contributed by atoms with Gasteiger partial charge in [-0.2, -0.15) is 0 Å². The van der Waals surface area contributed by atoms with E-state index in [0.717, 1.165) is 0 Å². The molecule has 0 saturated heterocycles. The van der Waals surface area contributed by atoms with Gasteiger partial charge < -0.3 is 15.2 Å². The highest BCUT2D eigenvalue weighted by Crippen LogP contribution is 2.14. The molecule has 1 aromatic carbocycles. The molecule has 8 nitrogen and oxygen atoms in total. The second-order valence-electron chi connectivity index (χ2n) is 4.28. The van der Waals surface area contributed by atoms with Crippen LogP contribution in [0.5, 0.6) is 5.75 Å². The number of hydrogen-bond acceptors (Lipinski definition) is 6. The maximum atomic E-state index is 11.8. The standard InChI is InChI=1S/C14H17N3O5S/c1-2-22-12(20)8-7-11(19)15-14(23)17-16-13(21)9-5-3-4-6-10(9)18/h3-6,18H,2,7-8H2,1H3,(H,16,21)(H2,15,17,19,23). The molecule has 0 aromatic heterocycles. The van der Waals surface area contributed by atoms with Crippen molar-refractivity contribution >= 4 is 35.1 Å². The monoisotopic (exact) mass is 339 g/mol. The number of carbonyl (C=O) groups is 3. The van der Waals surface area contributed by atoms with Gasteiger partial charge in [0.2, 0.25) is 5.91 Å². The molecule has 0 saturated carbocycles. The van der Waals surface area contributed by atoms with Gasteiger partial charge in [-0.15, -0.1) is 0 Å². The first-order valence-electron chi connectivity index (χ1n) is 6.77. The van der Waals surface area contributed by atoms with Gasteiger partial charge in [-0.3, -0.25) is 25.2 Å². The predicted molar refractivity (Wildman–Crippen MR) is 85.3 cm³/mol. The number of carbonyl (C=O) groups excluding carboxylic acids is 3. The zero-order valence-corrected chi connectivity index (χ0v) is 13.2. The molecule has 0 atom stereocenters. The third kappa shape index (κ3) is 6.74. The number of nitrogens with one attached hydrogen (secondary N) is 3. The predicted octanol–water partition coefficient (Wildman–Crippen LogP) is 0.371. The molecule has 0 aliphatic heterocycles. The summed E-state index contributed by atoms with van der Waals surface area (Å²) in [7, 11) is 0. The molecule has 0 bridgehead atoms. The maximum absolute atomic E-state index is 11.8. The van der Waals surface area contributed by atoms with Crippen LogP contribution in [0.1, 0.15) is 30.1 Å². The number of hydrazine groups is 1. The molecule has 9 heteroatoms. The lowest BCUT2D eigenvalue weighted by Crippen LogP contribution is -2.48. The number of benzene rings is 1. The van der Waals surface area contributed by atoms with Crippen molar-refractivity contribution in [1.29, 1.82) is 0 Å². The van der Waals surface area contributed by atoms with Crippen LogP contribution in [0.3, 0.4) is 0 Å². The first-order valence-corrected chi connectivity index (χ1v) is 7.18. The van der Waals surface area contributed by atoms with E-state index in [-0.39, 0.29) is 35.9 Å². The van der Waals surface area contributed by atoms with E-state index in [1.54, 1.807) is 19.1 Å². The van der Waals surface area contributed by atoms with Crippen molar-refractivity contribution in [3.63, 3.8) is 0 Å². The number of aromatic hydroxyl groups is 1. The van der Waals surface area contributed by atoms with Gasteiger partial charge in [0.15, 0.2) is 5.11 Å². The highest BCUT2D eigenvalue weighted by Gasteiger charge is 2.12. The van der Waals surface area contributed by atoms with Gasteiger partial charge in [0.1, 0.15) is 5.75 Å². The van der Waals surface area contributed by atoms with Gasteiger partial charge in [0.05, 0.1) is 18.6 Å². The van der Waals surface area contributed by atoms with Crippen molar-refractivity contribution in [2.24, 2.45) is 0 Å². The van der Waals surface area contributed by atoms with Crippen LogP contribution < -0.4 is 16.2 Å². The quantitative estimate of drug-likeness (QED) is 0.348. The smallest absolute Gasteiger partial charge is 0.306 e. The molecule has 23 heavy (non-hydrogen) atoms. The number of phenols is 1. The fourth-order valence-corrected chi connectivity index (χ4v) is 1.68. The van der Waals surface area contributed by atoms with Crippen LogP contribution in [0, 0.1) is 0 Å². The number of amides is 2. The number of rotatable bonds is 5. The van der Waals surface area contributed by atoms with Gasteiger partial charge in [0.25, 0.3) is 5.91 Å². The first kappa shape index (κ1) is 18.4. The largest absolute Gasteiger partial charge is 0.507 e. The van der Waals surface area contributed by atoms with Crippen molar-refractivity contribution < 1.29 is 24.2 Å². The molecular formula is C14H17N3O5S. The van der Waals surface area contributed by atoms with Crippen molar-refractivity contribution in [3.8, 4) is 5.75 Å². The molecule has 4 N–H and O–H groups in total. The summed E-state index contributed by atoms with van der Waals surface area (Å²) in [5.74, 6) is -1.77. The summed E-state index contributed by atoms with van der Waals surface area (Å²) in [5.41, 5.74) is 4.61. The summed E-state index contributed by atoms with van der Waals surface area (Å²) in [4.78, 5) is 34.4. The number of thiocarbonyl (C=S) groups is 1. The average Bonchev–Trinajstić information content (AvgIpc) is 2.51. The van der Waals surface area contributed by atoms with Crippen molar-refractivity contribution in [1.82, 2.24) is 16.2 Å². The normalized spacial score (nSPS) is 9.61. The fourth-order valence-electron chi connectivity index (χ4n) is 1.52. The maximum Gasteiger partial charge on any atom is 0.306 e. The van der Waals surface area contributed by atoms with Gasteiger partial charge in [-0.1, -0.05) is 12.1 Å². The lowest BCUT2D eigenvalue weighted by molar-refractivity contribution is -0.144. The molecule has 0 unspecified atom stereocenters. The van der Waals surface area contributed by atoms with Crippen molar-refractivity contribution in [3.05, 3.63) is 29.8 Å². The molecule has 0 fully saturated rings.